The van der Waals surface area contributed by atoms with Gasteiger partial charge in [-0.2, -0.15) is 9.61 Å². The van der Waals surface area contributed by atoms with Gasteiger partial charge in [0, 0.05) is 6.07 Å². The van der Waals surface area contributed by atoms with Crippen molar-refractivity contribution in [1.82, 2.24) is 14.6 Å². The minimum absolute atomic E-state index is 0.155. The van der Waals surface area contributed by atoms with Crippen molar-refractivity contribution in [3.8, 4) is 17.2 Å². The van der Waals surface area contributed by atoms with Crippen molar-refractivity contribution in [2.24, 2.45) is 0 Å². The van der Waals surface area contributed by atoms with Gasteiger partial charge in [-0.05, 0) is 19.1 Å². The van der Waals surface area contributed by atoms with Crippen LogP contribution >= 0.6 is 11.3 Å². The van der Waals surface area contributed by atoms with E-state index in [2.05, 4.69) is 10.1 Å². The Labute approximate surface area is 158 Å². The van der Waals surface area contributed by atoms with Crippen LogP contribution in [0.5, 0.6) is 17.2 Å². The first-order valence-corrected chi connectivity index (χ1v) is 8.62. The lowest BCUT2D eigenvalue weighted by Crippen LogP contribution is -2.16. The van der Waals surface area contributed by atoms with Crippen LogP contribution in [-0.2, 0) is 11.3 Å². The van der Waals surface area contributed by atoms with Gasteiger partial charge in [0.25, 0.3) is 5.56 Å². The summed E-state index contributed by atoms with van der Waals surface area (Å²) >= 11 is 1.28. The first-order valence-electron chi connectivity index (χ1n) is 7.80. The van der Waals surface area contributed by atoms with Crippen LogP contribution in [0.2, 0.25) is 0 Å². The van der Waals surface area contributed by atoms with Gasteiger partial charge >= 0.3 is 5.97 Å². The minimum atomic E-state index is -0.614. The number of hydrogen-bond acceptors (Lipinski definition) is 9. The molecule has 0 amide bonds. The Balaban J connectivity index is 1.83. The molecule has 0 aliphatic rings. The van der Waals surface area contributed by atoms with Crippen molar-refractivity contribution in [1.29, 1.82) is 0 Å². The maximum atomic E-state index is 12.4. The highest BCUT2D eigenvalue weighted by atomic mass is 32.1. The summed E-state index contributed by atoms with van der Waals surface area (Å²) < 4.78 is 22.2. The molecule has 0 bridgehead atoms. The monoisotopic (exact) mass is 391 g/mol. The Hall–Kier alpha value is -3.14. The topological polar surface area (TPSA) is 101 Å². The third-order valence-corrected chi connectivity index (χ3v) is 4.47. The van der Waals surface area contributed by atoms with Crippen molar-refractivity contribution in [3.63, 3.8) is 0 Å². The van der Waals surface area contributed by atoms with Crippen molar-refractivity contribution in [2.45, 2.75) is 13.5 Å². The van der Waals surface area contributed by atoms with Gasteiger partial charge in [0.05, 0.1) is 32.6 Å². The van der Waals surface area contributed by atoms with Gasteiger partial charge in [0.2, 0.25) is 10.7 Å². The highest BCUT2D eigenvalue weighted by Crippen LogP contribution is 2.38. The van der Waals surface area contributed by atoms with Crippen molar-refractivity contribution >= 4 is 22.3 Å². The number of benzene rings is 1. The van der Waals surface area contributed by atoms with Gasteiger partial charge in [-0.25, -0.2) is 9.78 Å². The fourth-order valence-electron chi connectivity index (χ4n) is 2.45. The second-order valence-electron chi connectivity index (χ2n) is 5.39. The number of ether oxygens (including phenoxy) is 4. The molecule has 0 aliphatic carbocycles. The minimum Gasteiger partial charge on any atom is -0.493 e. The smallest absolute Gasteiger partial charge is 0.338 e. The van der Waals surface area contributed by atoms with Gasteiger partial charge in [-0.1, -0.05) is 11.3 Å². The summed E-state index contributed by atoms with van der Waals surface area (Å²) in [7, 11) is 4.38. The Morgan fingerprint density at radius 1 is 1.11 bits per heavy atom. The molecule has 3 rings (SSSR count). The fourth-order valence-corrected chi connectivity index (χ4v) is 3.21. The molecule has 0 saturated carbocycles. The molecule has 0 aliphatic heterocycles. The van der Waals surface area contributed by atoms with E-state index < -0.39 is 5.97 Å². The third kappa shape index (κ3) is 3.70. The number of fused-ring (bicyclic) bond motifs is 1. The lowest BCUT2D eigenvalue weighted by molar-refractivity contribution is 0.0467. The number of carbonyl (C=O) groups is 1. The normalized spacial score (nSPS) is 10.7. The van der Waals surface area contributed by atoms with Crippen LogP contribution in [0.3, 0.4) is 0 Å². The zero-order chi connectivity index (χ0) is 19.6. The highest BCUT2D eigenvalue weighted by molar-refractivity contribution is 7.16. The molecule has 0 unspecified atom stereocenters. The van der Waals surface area contributed by atoms with Crippen LogP contribution in [0.1, 0.15) is 21.1 Å². The van der Waals surface area contributed by atoms with E-state index in [-0.39, 0.29) is 17.7 Å². The number of hydrogen-bond donors (Lipinski definition) is 0. The maximum absolute atomic E-state index is 12.4. The highest BCUT2D eigenvalue weighted by Gasteiger charge is 2.18. The summed E-state index contributed by atoms with van der Waals surface area (Å²) in [6.07, 6.45) is 0. The summed E-state index contributed by atoms with van der Waals surface area (Å²) in [5, 5.41) is 4.78. The largest absolute Gasteiger partial charge is 0.493 e. The number of aromatic nitrogens is 3. The molecule has 1 aromatic carbocycles. The molecule has 10 heteroatoms. The predicted molar refractivity (Wildman–Crippen MR) is 97.1 cm³/mol. The number of esters is 1. The molecular formula is C17H17N3O6S. The number of methoxy groups -OCH3 is 3. The Morgan fingerprint density at radius 2 is 1.78 bits per heavy atom. The van der Waals surface area contributed by atoms with E-state index in [9.17, 15) is 9.59 Å². The summed E-state index contributed by atoms with van der Waals surface area (Å²) in [6, 6.07) is 4.26. The average Bonchev–Trinajstić information content (AvgIpc) is 3.05. The third-order valence-electron chi connectivity index (χ3n) is 3.65. The standard InChI is InChI=1S/C17H17N3O6S/c1-9-19-20-14(21)7-11(18-17(20)27-9)8-26-16(22)10-5-12(23-2)15(25-4)13(6-10)24-3/h5-7H,8H2,1-4H3. The zero-order valence-electron chi connectivity index (χ0n) is 15.1. The summed E-state index contributed by atoms with van der Waals surface area (Å²) in [5.74, 6) is 0.428. The molecule has 27 heavy (non-hydrogen) atoms. The van der Waals surface area contributed by atoms with E-state index in [1.165, 1.54) is 55.4 Å². The first kappa shape index (κ1) is 18.6. The molecular weight excluding hydrogens is 374 g/mol. The lowest BCUT2D eigenvalue weighted by Gasteiger charge is -2.13. The lowest BCUT2D eigenvalue weighted by atomic mass is 10.2. The Bertz CT molecular complexity index is 1030. The van der Waals surface area contributed by atoms with E-state index in [1.807, 2.05) is 0 Å². The van der Waals surface area contributed by atoms with Crippen LogP contribution in [0.25, 0.3) is 4.96 Å². The summed E-state index contributed by atoms with van der Waals surface area (Å²) in [4.78, 5) is 29.2. The van der Waals surface area contributed by atoms with E-state index in [4.69, 9.17) is 18.9 Å². The first-order chi connectivity index (χ1) is 13.0. The molecule has 0 spiro atoms. The quantitative estimate of drug-likeness (QED) is 0.587. The van der Waals surface area contributed by atoms with Gasteiger partial charge in [-0.3, -0.25) is 4.79 Å². The van der Waals surface area contributed by atoms with E-state index in [0.717, 1.165) is 0 Å². The zero-order valence-corrected chi connectivity index (χ0v) is 16.0. The van der Waals surface area contributed by atoms with E-state index in [1.54, 1.807) is 6.92 Å². The Morgan fingerprint density at radius 3 is 2.37 bits per heavy atom. The maximum Gasteiger partial charge on any atom is 0.338 e. The number of rotatable bonds is 6. The molecule has 0 saturated heterocycles. The molecule has 0 radical (unpaired) electrons. The summed E-state index contributed by atoms with van der Waals surface area (Å²) in [5.41, 5.74) is 0.226. The number of carbonyl (C=O) groups excluding carboxylic acids is 1. The van der Waals surface area contributed by atoms with Crippen LogP contribution in [0.15, 0.2) is 23.0 Å². The summed E-state index contributed by atoms with van der Waals surface area (Å²) in [6.45, 7) is 1.63. The molecule has 2 aromatic heterocycles. The fraction of sp³-hybridized carbons (Fsp3) is 0.294. The van der Waals surface area contributed by atoms with Crippen molar-refractivity contribution in [3.05, 3.63) is 44.8 Å². The number of aryl methyl sites for hydroxylation is 1. The van der Waals surface area contributed by atoms with Gasteiger partial charge < -0.3 is 18.9 Å². The molecule has 0 fully saturated rings. The second-order valence-corrected chi connectivity index (χ2v) is 6.55. The predicted octanol–water partition coefficient (Wildman–Crippen LogP) is 1.84. The molecule has 3 aromatic rings. The number of nitrogens with zero attached hydrogens (tertiary/aromatic N) is 3. The van der Waals surface area contributed by atoms with Gasteiger partial charge in [-0.15, -0.1) is 0 Å². The molecule has 0 atom stereocenters. The molecule has 2 heterocycles. The van der Waals surface area contributed by atoms with Gasteiger partial charge in [0.1, 0.15) is 11.6 Å². The van der Waals surface area contributed by atoms with Crippen LogP contribution in [0.4, 0.5) is 0 Å². The van der Waals surface area contributed by atoms with Crippen LogP contribution in [0, 0.1) is 6.92 Å². The van der Waals surface area contributed by atoms with Gasteiger partial charge in [0.15, 0.2) is 11.5 Å². The molecule has 9 nitrogen and oxygen atoms in total. The average molecular weight is 391 g/mol. The molecule has 0 N–H and O–H groups in total. The van der Waals surface area contributed by atoms with Crippen molar-refractivity contribution in [2.75, 3.05) is 21.3 Å². The van der Waals surface area contributed by atoms with Crippen LogP contribution < -0.4 is 19.8 Å². The Kier molecular flexibility index (Phi) is 5.26. The van der Waals surface area contributed by atoms with Crippen molar-refractivity contribution < 1.29 is 23.7 Å². The second kappa shape index (κ2) is 7.62. The van der Waals surface area contributed by atoms with E-state index in [0.29, 0.717) is 32.9 Å². The SMILES string of the molecule is COc1cc(C(=O)OCc2cc(=O)n3nc(C)sc3n2)cc(OC)c1OC. The van der Waals surface area contributed by atoms with Crippen LogP contribution in [-0.4, -0.2) is 41.9 Å². The van der Waals surface area contributed by atoms with E-state index >= 15 is 0 Å². The molecule has 142 valence electrons.